The highest BCUT2D eigenvalue weighted by atomic mass is 16.6. The molecule has 1 aromatic rings. The van der Waals surface area contributed by atoms with Gasteiger partial charge >= 0.3 is 11.7 Å². The van der Waals surface area contributed by atoms with Crippen molar-refractivity contribution in [2.75, 3.05) is 6.61 Å². The van der Waals surface area contributed by atoms with Gasteiger partial charge in [0.1, 0.15) is 0 Å². The third-order valence-electron chi connectivity index (χ3n) is 3.48. The van der Waals surface area contributed by atoms with E-state index in [-0.39, 0.29) is 12.0 Å². The lowest BCUT2D eigenvalue weighted by Gasteiger charge is -2.26. The molecule has 1 aromatic heterocycles. The van der Waals surface area contributed by atoms with E-state index in [1.54, 1.807) is 0 Å². The van der Waals surface area contributed by atoms with Crippen molar-refractivity contribution < 1.29 is 19.7 Å². The first-order valence-corrected chi connectivity index (χ1v) is 6.25. The minimum absolute atomic E-state index is 0.108. The highest BCUT2D eigenvalue weighted by molar-refractivity contribution is 5.75. The van der Waals surface area contributed by atoms with Gasteiger partial charge in [0.05, 0.1) is 18.8 Å². The van der Waals surface area contributed by atoms with Crippen molar-refractivity contribution in [3.05, 3.63) is 43.0 Å². The second kappa shape index (κ2) is 5.64. The summed E-state index contributed by atoms with van der Waals surface area (Å²) in [5.74, 6) is -1.50. The number of aliphatic hydroxyl groups excluding tert-OH is 1. The Bertz CT molecular complexity index is 763. The van der Waals surface area contributed by atoms with Gasteiger partial charge in [-0.05, 0) is 12.5 Å². The van der Waals surface area contributed by atoms with Crippen LogP contribution in [0.3, 0.4) is 0 Å². The highest BCUT2D eigenvalue weighted by Crippen LogP contribution is 2.36. The summed E-state index contributed by atoms with van der Waals surface area (Å²) >= 11 is 0. The van der Waals surface area contributed by atoms with E-state index in [9.17, 15) is 24.6 Å². The van der Waals surface area contributed by atoms with E-state index in [2.05, 4.69) is 10.0 Å². The molecule has 3 atom stereocenters. The molecule has 0 aliphatic carbocycles. The van der Waals surface area contributed by atoms with Crippen LogP contribution >= 0.6 is 0 Å². The van der Waals surface area contributed by atoms with Gasteiger partial charge in [-0.25, -0.2) is 9.59 Å². The molecule has 0 radical (unpaired) electrons. The number of aliphatic hydroxyl groups is 1. The number of aromatic nitrogens is 2. The smallest absolute Gasteiger partial charge is 0.358 e. The van der Waals surface area contributed by atoms with Gasteiger partial charge in [0, 0.05) is 23.1 Å². The fourth-order valence-electron chi connectivity index (χ4n) is 2.36. The quantitative estimate of drug-likeness (QED) is 0.367. The lowest BCUT2D eigenvalue weighted by atomic mass is 10.0. The summed E-state index contributed by atoms with van der Waals surface area (Å²) in [7, 11) is 0. The number of H-pyrrole nitrogens is 1. The lowest BCUT2D eigenvalue weighted by molar-refractivity contribution is -0.182. The van der Waals surface area contributed by atoms with E-state index in [1.165, 1.54) is 6.92 Å². The molecule has 1 aliphatic rings. The van der Waals surface area contributed by atoms with Crippen LogP contribution in [0.15, 0.2) is 20.9 Å². The van der Waals surface area contributed by atoms with E-state index in [1.807, 2.05) is 4.98 Å². The molecule has 0 spiro atoms. The van der Waals surface area contributed by atoms with Crippen LogP contribution in [0.25, 0.3) is 10.4 Å². The van der Waals surface area contributed by atoms with Crippen molar-refractivity contribution in [3.8, 4) is 0 Å². The second-order valence-corrected chi connectivity index (χ2v) is 4.85. The van der Waals surface area contributed by atoms with Crippen LogP contribution in [-0.4, -0.2) is 44.5 Å². The first-order valence-electron chi connectivity index (χ1n) is 6.25. The van der Waals surface area contributed by atoms with E-state index in [4.69, 9.17) is 10.3 Å². The molecule has 11 heteroatoms. The molecule has 0 unspecified atom stereocenters. The summed E-state index contributed by atoms with van der Waals surface area (Å²) in [4.78, 5) is 39.6. The minimum atomic E-state index is -2.17. The maximum absolute atomic E-state index is 11.9. The number of nitrogens with zero attached hydrogens (tertiary/aromatic N) is 4. The molecule has 1 fully saturated rings. The average Bonchev–Trinajstić information content (AvgIpc) is 2.83. The Kier molecular flexibility index (Phi) is 4.04. The number of carbonyl (C=O) groups is 1. The van der Waals surface area contributed by atoms with Crippen LogP contribution in [0.1, 0.15) is 12.0 Å². The number of hydrogen-bond donors (Lipinski definition) is 3. The molecule has 11 nitrogen and oxygen atoms in total. The molecule has 0 bridgehead atoms. The number of aliphatic carboxylic acids is 1. The van der Waals surface area contributed by atoms with E-state index in [0.29, 0.717) is 0 Å². The SMILES string of the molecule is Cc1cn([C@@]2(C(=O)O)C[C@H](N=[N+]=[N-])[C@@H](CO)O2)c(=O)[nH]c1=O. The topological polar surface area (TPSA) is 170 Å². The van der Waals surface area contributed by atoms with Crippen molar-refractivity contribution in [1.82, 2.24) is 9.55 Å². The summed E-state index contributed by atoms with van der Waals surface area (Å²) in [5.41, 5.74) is 4.83. The van der Waals surface area contributed by atoms with Gasteiger partial charge in [-0.3, -0.25) is 14.3 Å². The molecule has 0 amide bonds. The molecule has 118 valence electrons. The zero-order valence-corrected chi connectivity index (χ0v) is 11.5. The minimum Gasteiger partial charge on any atom is -0.478 e. The number of carboxylic acid groups (broad SMARTS) is 1. The molecule has 2 heterocycles. The van der Waals surface area contributed by atoms with E-state index < -0.39 is 41.7 Å². The summed E-state index contributed by atoms with van der Waals surface area (Å²) in [6.45, 7) is 0.809. The van der Waals surface area contributed by atoms with E-state index in [0.717, 1.165) is 10.8 Å². The third-order valence-corrected chi connectivity index (χ3v) is 3.48. The molecule has 0 saturated carbocycles. The first kappa shape index (κ1) is 15.8. The van der Waals surface area contributed by atoms with Gasteiger partial charge in [-0.1, -0.05) is 5.11 Å². The van der Waals surface area contributed by atoms with Crippen molar-refractivity contribution in [2.45, 2.75) is 31.2 Å². The van der Waals surface area contributed by atoms with Crippen LogP contribution in [0.4, 0.5) is 0 Å². The second-order valence-electron chi connectivity index (χ2n) is 4.85. The average molecular weight is 311 g/mol. The van der Waals surface area contributed by atoms with Crippen LogP contribution in [0.5, 0.6) is 0 Å². The third kappa shape index (κ3) is 2.37. The van der Waals surface area contributed by atoms with Crippen molar-refractivity contribution in [3.63, 3.8) is 0 Å². The predicted molar refractivity (Wildman–Crippen MR) is 71.2 cm³/mol. The number of carboxylic acids is 1. The summed E-state index contributed by atoms with van der Waals surface area (Å²) in [5, 5.41) is 22.1. The van der Waals surface area contributed by atoms with Gasteiger partial charge in [0.2, 0.25) is 5.72 Å². The number of rotatable bonds is 4. The Balaban J connectivity index is 2.64. The molecule has 2 rings (SSSR count). The van der Waals surface area contributed by atoms with Crippen molar-refractivity contribution in [1.29, 1.82) is 0 Å². The maximum atomic E-state index is 11.9. The van der Waals surface area contributed by atoms with Crippen molar-refractivity contribution >= 4 is 5.97 Å². The summed E-state index contributed by atoms with van der Waals surface area (Å²) in [6.07, 6.45) is -0.378. The summed E-state index contributed by atoms with van der Waals surface area (Å²) < 4.78 is 6.04. The molecular weight excluding hydrogens is 298 g/mol. The molecular formula is C11H13N5O6. The number of ether oxygens (including phenoxy) is 1. The fraction of sp³-hybridized carbons (Fsp3) is 0.545. The molecule has 22 heavy (non-hydrogen) atoms. The standard InChI is InChI=1S/C11H13N5O6/c1-5-3-16(10(21)13-8(5)18)11(9(19)20)2-6(14-15-12)7(4-17)22-11/h3,6-7,17H,2,4H2,1H3,(H,19,20)(H,13,18,21)/t6-,7+,11-/m0/s1. The number of hydrogen-bond acceptors (Lipinski definition) is 6. The zero-order valence-electron chi connectivity index (χ0n) is 11.5. The lowest BCUT2D eigenvalue weighted by Crippen LogP contribution is -2.50. The van der Waals surface area contributed by atoms with Gasteiger partial charge in [-0.15, -0.1) is 0 Å². The van der Waals surface area contributed by atoms with Gasteiger partial charge < -0.3 is 14.9 Å². The fourth-order valence-corrected chi connectivity index (χ4v) is 2.36. The predicted octanol–water partition coefficient (Wildman–Crippen LogP) is -0.957. The summed E-state index contributed by atoms with van der Waals surface area (Å²) in [6, 6.07) is -0.967. The van der Waals surface area contributed by atoms with Gasteiger partial charge in [-0.2, -0.15) is 0 Å². The normalized spacial score (nSPS) is 27.4. The molecule has 1 aliphatic heterocycles. The Morgan fingerprint density at radius 1 is 1.68 bits per heavy atom. The zero-order chi connectivity index (χ0) is 16.5. The Morgan fingerprint density at radius 3 is 2.91 bits per heavy atom. The van der Waals surface area contributed by atoms with Crippen molar-refractivity contribution in [2.24, 2.45) is 5.11 Å². The molecule has 1 saturated heterocycles. The van der Waals surface area contributed by atoms with Crippen LogP contribution in [0, 0.1) is 6.92 Å². The Hall–Kier alpha value is -2.62. The number of aromatic amines is 1. The number of aryl methyl sites for hydroxylation is 1. The van der Waals surface area contributed by atoms with E-state index >= 15 is 0 Å². The van der Waals surface area contributed by atoms with Crippen LogP contribution in [-0.2, 0) is 15.3 Å². The maximum Gasteiger partial charge on any atom is 0.358 e. The molecule has 0 aromatic carbocycles. The van der Waals surface area contributed by atoms with Gasteiger partial charge in [0.25, 0.3) is 5.56 Å². The number of nitrogens with one attached hydrogen (secondary N) is 1. The first-order chi connectivity index (χ1) is 10.4. The van der Waals surface area contributed by atoms with Crippen LogP contribution in [0.2, 0.25) is 0 Å². The monoisotopic (exact) mass is 311 g/mol. The largest absolute Gasteiger partial charge is 0.478 e. The van der Waals surface area contributed by atoms with Gasteiger partial charge in [0.15, 0.2) is 0 Å². The van der Waals surface area contributed by atoms with Crippen LogP contribution < -0.4 is 11.2 Å². The highest BCUT2D eigenvalue weighted by Gasteiger charge is 2.54. The Labute approximate surface area is 122 Å². The Morgan fingerprint density at radius 2 is 2.36 bits per heavy atom. The number of azide groups is 1. The molecule has 3 N–H and O–H groups in total.